The van der Waals surface area contributed by atoms with Crippen LogP contribution in [0.4, 0.5) is 0 Å². The topological polar surface area (TPSA) is 8.29 Å². The molecule has 0 aliphatic rings. The van der Waals surface area contributed by atoms with Crippen molar-refractivity contribution in [3.05, 3.63) is 71.4 Å². The van der Waals surface area contributed by atoms with E-state index < -0.39 is 0 Å². The Hall–Kier alpha value is -3.13. The molecule has 6 aromatic rings. The normalized spacial score (nSPS) is 13.0. The summed E-state index contributed by atoms with van der Waals surface area (Å²) in [5.41, 5.74) is 9.69. The van der Waals surface area contributed by atoms with Crippen LogP contribution in [0.2, 0.25) is 0 Å². The Kier molecular flexibility index (Phi) is 3.59. The number of nitrogens with zero attached hydrogens (tertiary/aromatic N) is 2. The molecule has 0 saturated carbocycles. The lowest BCUT2D eigenvalue weighted by Gasteiger charge is -2.18. The summed E-state index contributed by atoms with van der Waals surface area (Å²) in [6, 6.07) is 18.5. The lowest BCUT2D eigenvalue weighted by molar-refractivity contribution is -0.644. The summed E-state index contributed by atoms with van der Waals surface area (Å²) in [5.74, 6) is 0. The zero-order valence-electron chi connectivity index (χ0n) is 19.3. The van der Waals surface area contributed by atoms with Crippen molar-refractivity contribution >= 4 is 49.0 Å². The van der Waals surface area contributed by atoms with Crippen molar-refractivity contribution in [2.75, 3.05) is 0 Å². The predicted octanol–water partition coefficient (Wildman–Crippen LogP) is 7.02. The highest BCUT2D eigenvalue weighted by Gasteiger charge is 2.25. The largest absolute Gasteiger partial charge is 0.303 e. The van der Waals surface area contributed by atoms with Crippen LogP contribution in [-0.4, -0.2) is 4.40 Å². The van der Waals surface area contributed by atoms with Crippen molar-refractivity contribution in [2.45, 2.75) is 41.0 Å². The fourth-order valence-electron chi connectivity index (χ4n) is 5.62. The molecule has 31 heavy (non-hydrogen) atoms. The van der Waals surface area contributed by atoms with Gasteiger partial charge in [0.1, 0.15) is 12.6 Å². The second-order valence-electron chi connectivity index (χ2n) is 10.5. The second-order valence-corrected chi connectivity index (χ2v) is 10.5. The standard InChI is InChI=1S/C29H29N2/c1-17-14-20-8-7-9-24-26(20)25(18(17)2)28-27-21(12-13-30(28)6)22-15-19(16-29(3,4)5)10-11-23(22)31(24)27/h7-15H,16H2,1-6H3/q+1. The van der Waals surface area contributed by atoms with Crippen LogP contribution in [0.1, 0.15) is 37.5 Å². The van der Waals surface area contributed by atoms with Crippen LogP contribution in [0, 0.1) is 19.3 Å². The van der Waals surface area contributed by atoms with E-state index in [1.165, 1.54) is 65.7 Å². The predicted molar refractivity (Wildman–Crippen MR) is 132 cm³/mol. The zero-order valence-corrected chi connectivity index (χ0v) is 19.3. The van der Waals surface area contributed by atoms with Gasteiger partial charge in [0.2, 0.25) is 5.52 Å². The quantitative estimate of drug-likeness (QED) is 0.158. The van der Waals surface area contributed by atoms with Crippen LogP contribution in [0.3, 0.4) is 0 Å². The van der Waals surface area contributed by atoms with Crippen molar-refractivity contribution in [3.8, 4) is 0 Å². The monoisotopic (exact) mass is 405 g/mol. The maximum Gasteiger partial charge on any atom is 0.238 e. The highest BCUT2D eigenvalue weighted by atomic mass is 15.0. The number of hydrogen-bond acceptors (Lipinski definition) is 0. The van der Waals surface area contributed by atoms with Crippen LogP contribution < -0.4 is 4.57 Å². The van der Waals surface area contributed by atoms with Crippen molar-refractivity contribution in [3.63, 3.8) is 0 Å². The molecular weight excluding hydrogens is 376 g/mol. The molecule has 154 valence electrons. The van der Waals surface area contributed by atoms with Gasteiger partial charge < -0.3 is 4.40 Å². The number of benzene rings is 3. The number of rotatable bonds is 1. The average molecular weight is 406 g/mol. The molecule has 0 bridgehead atoms. The molecule has 3 heterocycles. The molecule has 0 N–H and O–H groups in total. The highest BCUT2D eigenvalue weighted by Crippen LogP contribution is 2.41. The van der Waals surface area contributed by atoms with E-state index in [2.05, 4.69) is 105 Å². The molecule has 6 rings (SSSR count). The average Bonchev–Trinajstić information content (AvgIpc) is 3.02. The van der Waals surface area contributed by atoms with Crippen LogP contribution >= 0.6 is 0 Å². The van der Waals surface area contributed by atoms with Gasteiger partial charge in [0.15, 0.2) is 6.20 Å². The lowest BCUT2D eigenvalue weighted by atomic mass is 9.88. The molecule has 0 aliphatic heterocycles. The van der Waals surface area contributed by atoms with Gasteiger partial charge in [-0.3, -0.25) is 0 Å². The van der Waals surface area contributed by atoms with E-state index in [0.29, 0.717) is 0 Å². The van der Waals surface area contributed by atoms with Crippen LogP contribution in [-0.2, 0) is 13.5 Å². The summed E-state index contributed by atoms with van der Waals surface area (Å²) in [7, 11) is 2.18. The van der Waals surface area contributed by atoms with Gasteiger partial charge in [-0.15, -0.1) is 0 Å². The first-order valence-electron chi connectivity index (χ1n) is 11.2. The first kappa shape index (κ1) is 18.6. The van der Waals surface area contributed by atoms with Gasteiger partial charge in [0, 0.05) is 22.2 Å². The third-order valence-electron chi connectivity index (χ3n) is 6.99. The Morgan fingerprint density at radius 1 is 0.871 bits per heavy atom. The number of pyridine rings is 2. The Morgan fingerprint density at radius 2 is 1.68 bits per heavy atom. The van der Waals surface area contributed by atoms with Gasteiger partial charge in [-0.25, -0.2) is 0 Å². The first-order valence-corrected chi connectivity index (χ1v) is 11.2. The minimum Gasteiger partial charge on any atom is -0.303 e. The van der Waals surface area contributed by atoms with E-state index in [0.717, 1.165) is 6.42 Å². The molecule has 0 amide bonds. The summed E-state index contributed by atoms with van der Waals surface area (Å²) in [6.07, 6.45) is 3.32. The minimum atomic E-state index is 0.272. The van der Waals surface area contributed by atoms with E-state index in [4.69, 9.17) is 0 Å². The number of hydrogen-bond donors (Lipinski definition) is 0. The van der Waals surface area contributed by atoms with E-state index >= 15 is 0 Å². The van der Waals surface area contributed by atoms with Crippen molar-refractivity contribution < 1.29 is 4.57 Å². The molecule has 2 nitrogen and oxygen atoms in total. The van der Waals surface area contributed by atoms with E-state index in [1.807, 2.05) is 0 Å². The molecular formula is C29H29N2+. The van der Waals surface area contributed by atoms with Crippen LogP contribution in [0.15, 0.2) is 54.7 Å². The molecule has 0 atom stereocenters. The molecule has 0 saturated heterocycles. The smallest absolute Gasteiger partial charge is 0.238 e. The molecule has 0 aliphatic carbocycles. The van der Waals surface area contributed by atoms with Crippen molar-refractivity contribution in [1.29, 1.82) is 0 Å². The maximum atomic E-state index is 2.50. The minimum absolute atomic E-state index is 0.272. The zero-order chi connectivity index (χ0) is 21.7. The van der Waals surface area contributed by atoms with E-state index in [1.54, 1.807) is 0 Å². The van der Waals surface area contributed by atoms with E-state index in [-0.39, 0.29) is 5.41 Å². The van der Waals surface area contributed by atoms with Crippen molar-refractivity contribution in [2.24, 2.45) is 12.5 Å². The second kappa shape index (κ2) is 5.97. The van der Waals surface area contributed by atoms with Gasteiger partial charge in [0.05, 0.1) is 16.4 Å². The fourth-order valence-corrected chi connectivity index (χ4v) is 5.62. The Balaban J connectivity index is 1.92. The third kappa shape index (κ3) is 2.48. The maximum absolute atomic E-state index is 2.50. The summed E-state index contributed by atoms with van der Waals surface area (Å²) < 4.78 is 4.82. The molecule has 3 aromatic carbocycles. The van der Waals surface area contributed by atoms with Gasteiger partial charge in [-0.05, 0) is 66.0 Å². The van der Waals surface area contributed by atoms with Crippen LogP contribution in [0.25, 0.3) is 49.0 Å². The molecule has 0 spiro atoms. The van der Waals surface area contributed by atoms with Gasteiger partial charge in [-0.1, -0.05) is 45.0 Å². The van der Waals surface area contributed by atoms with Crippen LogP contribution in [0.5, 0.6) is 0 Å². The summed E-state index contributed by atoms with van der Waals surface area (Å²) in [6.45, 7) is 11.5. The van der Waals surface area contributed by atoms with Gasteiger partial charge in [-0.2, -0.15) is 4.57 Å². The SMILES string of the molecule is Cc1cc2cccc3c2c(c1C)c1c2c(cc[n+]1C)c1cc(CC(C)(C)C)ccc1n32. The summed E-state index contributed by atoms with van der Waals surface area (Å²) >= 11 is 0. The van der Waals surface area contributed by atoms with Gasteiger partial charge in [0.25, 0.3) is 0 Å². The van der Waals surface area contributed by atoms with E-state index in [9.17, 15) is 0 Å². The highest BCUT2D eigenvalue weighted by molar-refractivity contribution is 6.25. The van der Waals surface area contributed by atoms with Gasteiger partial charge >= 0.3 is 0 Å². The Bertz CT molecular complexity index is 1660. The molecule has 0 fully saturated rings. The number of aryl methyl sites for hydroxylation is 3. The summed E-state index contributed by atoms with van der Waals surface area (Å²) in [4.78, 5) is 0. The lowest BCUT2D eigenvalue weighted by Crippen LogP contribution is -2.29. The molecule has 2 heteroatoms. The number of aromatic nitrogens is 2. The fraction of sp³-hybridized carbons (Fsp3) is 0.276. The Morgan fingerprint density at radius 3 is 2.45 bits per heavy atom. The third-order valence-corrected chi connectivity index (χ3v) is 6.99. The molecule has 3 aromatic heterocycles. The summed E-state index contributed by atoms with van der Waals surface area (Å²) in [5, 5.41) is 6.80. The molecule has 0 radical (unpaired) electrons. The Labute approximate surface area is 183 Å². The number of fused-ring (bicyclic) bond motifs is 5. The van der Waals surface area contributed by atoms with Crippen molar-refractivity contribution in [1.82, 2.24) is 4.40 Å². The first-order chi connectivity index (χ1) is 14.7. The molecule has 0 unspecified atom stereocenters.